The predicted octanol–water partition coefficient (Wildman–Crippen LogP) is 3.57. The number of rotatable bonds is 4. The van der Waals surface area contributed by atoms with Crippen LogP contribution in [0.3, 0.4) is 0 Å². The van der Waals surface area contributed by atoms with E-state index in [0.29, 0.717) is 11.3 Å². The molecule has 6 heteroatoms. The van der Waals surface area contributed by atoms with Crippen LogP contribution in [-0.4, -0.2) is 5.91 Å². The third-order valence-corrected chi connectivity index (χ3v) is 3.14. The van der Waals surface area contributed by atoms with Crippen LogP contribution in [0.25, 0.3) is 0 Å². The van der Waals surface area contributed by atoms with E-state index >= 15 is 0 Å². The standard InChI is InChI=1S/C15H13ClF2N2O/c1-8-4-10(17)7-11(5-8)20-14(15(19)21)12-6-9(16)2-3-13(12)18/h2-7,14,20H,1H3,(H2,19,21). The molecular formula is C15H13ClF2N2O. The number of anilines is 1. The van der Waals surface area contributed by atoms with Crippen LogP contribution in [0.2, 0.25) is 5.02 Å². The lowest BCUT2D eigenvalue weighted by atomic mass is 10.0. The molecule has 2 aromatic carbocycles. The molecule has 1 amide bonds. The zero-order valence-corrected chi connectivity index (χ0v) is 11.9. The van der Waals surface area contributed by atoms with E-state index in [0.717, 1.165) is 6.07 Å². The summed E-state index contributed by atoms with van der Waals surface area (Å²) in [6.45, 7) is 1.70. The average Bonchev–Trinajstić information content (AvgIpc) is 2.37. The number of primary amides is 1. The van der Waals surface area contributed by atoms with Gasteiger partial charge in [0.1, 0.15) is 17.7 Å². The molecule has 0 saturated carbocycles. The molecule has 2 aromatic rings. The molecule has 0 fully saturated rings. The molecule has 0 bridgehead atoms. The van der Waals surface area contributed by atoms with Gasteiger partial charge in [0.25, 0.3) is 0 Å². The zero-order chi connectivity index (χ0) is 15.6. The minimum absolute atomic E-state index is 0.0110. The van der Waals surface area contributed by atoms with Gasteiger partial charge in [0.2, 0.25) is 5.91 Å². The number of halogens is 3. The van der Waals surface area contributed by atoms with Crippen molar-refractivity contribution in [2.45, 2.75) is 13.0 Å². The Kier molecular flexibility index (Phi) is 4.43. The van der Waals surface area contributed by atoms with Crippen molar-refractivity contribution in [2.24, 2.45) is 5.73 Å². The lowest BCUT2D eigenvalue weighted by molar-refractivity contribution is -0.118. The molecular weight excluding hydrogens is 298 g/mol. The van der Waals surface area contributed by atoms with E-state index in [4.69, 9.17) is 17.3 Å². The van der Waals surface area contributed by atoms with Gasteiger partial charge in [-0.25, -0.2) is 8.78 Å². The number of hydrogen-bond acceptors (Lipinski definition) is 2. The van der Waals surface area contributed by atoms with Crippen molar-refractivity contribution in [2.75, 3.05) is 5.32 Å². The number of amides is 1. The van der Waals surface area contributed by atoms with E-state index in [1.807, 2.05) is 0 Å². The van der Waals surface area contributed by atoms with Crippen molar-refractivity contribution < 1.29 is 13.6 Å². The van der Waals surface area contributed by atoms with E-state index in [9.17, 15) is 13.6 Å². The maximum absolute atomic E-state index is 13.9. The molecule has 0 radical (unpaired) electrons. The maximum atomic E-state index is 13.9. The van der Waals surface area contributed by atoms with Crippen molar-refractivity contribution in [1.29, 1.82) is 0 Å². The Balaban J connectivity index is 2.40. The van der Waals surface area contributed by atoms with Crippen molar-refractivity contribution in [3.8, 4) is 0 Å². The number of hydrogen-bond donors (Lipinski definition) is 2. The average molecular weight is 311 g/mol. The van der Waals surface area contributed by atoms with Gasteiger partial charge >= 0.3 is 0 Å². The van der Waals surface area contributed by atoms with Gasteiger partial charge in [0.05, 0.1) is 0 Å². The topological polar surface area (TPSA) is 55.1 Å². The van der Waals surface area contributed by atoms with Crippen LogP contribution in [0, 0.1) is 18.6 Å². The monoisotopic (exact) mass is 310 g/mol. The molecule has 21 heavy (non-hydrogen) atoms. The van der Waals surface area contributed by atoms with Crippen LogP contribution in [0.15, 0.2) is 36.4 Å². The van der Waals surface area contributed by atoms with Gasteiger partial charge in [-0.05, 0) is 48.9 Å². The van der Waals surface area contributed by atoms with Gasteiger partial charge in [0, 0.05) is 16.3 Å². The number of carbonyl (C=O) groups excluding carboxylic acids is 1. The summed E-state index contributed by atoms with van der Waals surface area (Å²) in [5.74, 6) is -1.88. The molecule has 1 atom stereocenters. The first-order valence-corrected chi connectivity index (χ1v) is 6.52. The molecule has 0 aromatic heterocycles. The van der Waals surface area contributed by atoms with E-state index < -0.39 is 23.6 Å². The Morgan fingerprint density at radius 1 is 1.24 bits per heavy atom. The molecule has 0 aliphatic heterocycles. The fraction of sp³-hybridized carbons (Fsp3) is 0.133. The second-order valence-electron chi connectivity index (χ2n) is 4.66. The van der Waals surface area contributed by atoms with Crippen molar-refractivity contribution >= 4 is 23.2 Å². The summed E-state index contributed by atoms with van der Waals surface area (Å²) in [7, 11) is 0. The number of carbonyl (C=O) groups is 1. The Morgan fingerprint density at radius 3 is 2.57 bits per heavy atom. The first-order chi connectivity index (χ1) is 9.86. The summed E-state index contributed by atoms with van der Waals surface area (Å²) >= 11 is 5.81. The summed E-state index contributed by atoms with van der Waals surface area (Å²) in [5, 5.41) is 3.00. The zero-order valence-electron chi connectivity index (χ0n) is 11.2. The molecule has 0 heterocycles. The third kappa shape index (κ3) is 3.70. The summed E-state index contributed by atoms with van der Waals surface area (Å²) in [5.41, 5.74) is 6.31. The van der Waals surface area contributed by atoms with Crippen LogP contribution in [0.5, 0.6) is 0 Å². The highest BCUT2D eigenvalue weighted by molar-refractivity contribution is 6.30. The molecule has 0 saturated heterocycles. The smallest absolute Gasteiger partial charge is 0.244 e. The lowest BCUT2D eigenvalue weighted by Gasteiger charge is -2.18. The fourth-order valence-corrected chi connectivity index (χ4v) is 2.20. The van der Waals surface area contributed by atoms with Gasteiger partial charge in [0.15, 0.2) is 0 Å². The maximum Gasteiger partial charge on any atom is 0.244 e. The molecule has 3 N–H and O–H groups in total. The molecule has 2 rings (SSSR count). The lowest BCUT2D eigenvalue weighted by Crippen LogP contribution is -2.28. The third-order valence-electron chi connectivity index (χ3n) is 2.91. The summed E-state index contributed by atoms with van der Waals surface area (Å²) in [4.78, 5) is 11.6. The van der Waals surface area contributed by atoms with Crippen LogP contribution in [-0.2, 0) is 4.79 Å². The minimum Gasteiger partial charge on any atom is -0.370 e. The van der Waals surface area contributed by atoms with Gasteiger partial charge in [-0.1, -0.05) is 11.6 Å². The minimum atomic E-state index is -1.15. The molecule has 0 spiro atoms. The van der Waals surface area contributed by atoms with E-state index in [-0.39, 0.29) is 10.6 Å². The highest BCUT2D eigenvalue weighted by atomic mass is 35.5. The normalized spacial score (nSPS) is 12.0. The predicted molar refractivity (Wildman–Crippen MR) is 78.1 cm³/mol. The SMILES string of the molecule is Cc1cc(F)cc(NC(C(N)=O)c2cc(Cl)ccc2F)c1. The first-order valence-electron chi connectivity index (χ1n) is 6.15. The van der Waals surface area contributed by atoms with Crippen LogP contribution in [0.1, 0.15) is 17.2 Å². The van der Waals surface area contributed by atoms with Crippen molar-refractivity contribution in [3.05, 3.63) is 64.2 Å². The Hall–Kier alpha value is -2.14. The Bertz CT molecular complexity index is 671. The van der Waals surface area contributed by atoms with Crippen LogP contribution >= 0.6 is 11.6 Å². The highest BCUT2D eigenvalue weighted by Crippen LogP contribution is 2.25. The number of aryl methyl sites for hydroxylation is 1. The largest absolute Gasteiger partial charge is 0.370 e. The molecule has 1 unspecified atom stereocenters. The Labute approximate surface area is 125 Å². The fourth-order valence-electron chi connectivity index (χ4n) is 2.02. The number of nitrogens with one attached hydrogen (secondary N) is 1. The van der Waals surface area contributed by atoms with E-state index in [1.165, 1.54) is 24.3 Å². The number of benzene rings is 2. The molecule has 3 nitrogen and oxygen atoms in total. The van der Waals surface area contributed by atoms with Gasteiger partial charge in [-0.3, -0.25) is 4.79 Å². The van der Waals surface area contributed by atoms with Gasteiger partial charge < -0.3 is 11.1 Å². The van der Waals surface area contributed by atoms with Gasteiger partial charge in [-0.2, -0.15) is 0 Å². The van der Waals surface area contributed by atoms with Crippen LogP contribution in [0.4, 0.5) is 14.5 Å². The molecule has 0 aliphatic carbocycles. The highest BCUT2D eigenvalue weighted by Gasteiger charge is 2.22. The second-order valence-corrected chi connectivity index (χ2v) is 5.10. The second kappa shape index (κ2) is 6.10. The Morgan fingerprint density at radius 2 is 1.95 bits per heavy atom. The van der Waals surface area contributed by atoms with Crippen molar-refractivity contribution in [3.63, 3.8) is 0 Å². The first kappa shape index (κ1) is 15.3. The summed E-state index contributed by atoms with van der Waals surface area (Å²) in [6.07, 6.45) is 0. The van der Waals surface area contributed by atoms with E-state index in [2.05, 4.69) is 5.32 Å². The number of nitrogens with two attached hydrogens (primary N) is 1. The van der Waals surface area contributed by atoms with Gasteiger partial charge in [-0.15, -0.1) is 0 Å². The van der Waals surface area contributed by atoms with Crippen LogP contribution < -0.4 is 11.1 Å². The van der Waals surface area contributed by atoms with Crippen molar-refractivity contribution in [1.82, 2.24) is 0 Å². The van der Waals surface area contributed by atoms with E-state index in [1.54, 1.807) is 13.0 Å². The summed E-state index contributed by atoms with van der Waals surface area (Å²) in [6, 6.07) is 6.84. The quantitative estimate of drug-likeness (QED) is 0.907. The molecule has 110 valence electrons. The molecule has 0 aliphatic rings. The summed E-state index contributed by atoms with van der Waals surface area (Å²) < 4.78 is 27.2.